The highest BCUT2D eigenvalue weighted by atomic mass is 16.4. The van der Waals surface area contributed by atoms with Crippen molar-refractivity contribution in [1.29, 1.82) is 0 Å². The second-order valence-corrected chi connectivity index (χ2v) is 7.10. The van der Waals surface area contributed by atoms with Crippen LogP contribution in [-0.2, 0) is 4.79 Å². The molecule has 1 N–H and O–H groups in total. The lowest BCUT2D eigenvalue weighted by Gasteiger charge is -2.23. The minimum Gasteiger partial charge on any atom is -0.481 e. The zero-order valence-corrected chi connectivity index (χ0v) is 13.9. The Kier molecular flexibility index (Phi) is 3.42. The number of amides is 1. The average Bonchev–Trinajstić information content (AvgIpc) is 3.14. The van der Waals surface area contributed by atoms with Gasteiger partial charge in [-0.1, -0.05) is 12.5 Å². The van der Waals surface area contributed by atoms with E-state index < -0.39 is 22.9 Å². The molecule has 3 heterocycles. The molecule has 1 saturated carbocycles. The summed E-state index contributed by atoms with van der Waals surface area (Å²) in [7, 11) is 0. The van der Waals surface area contributed by atoms with Crippen molar-refractivity contribution in [3.63, 3.8) is 0 Å². The lowest BCUT2D eigenvalue weighted by molar-refractivity contribution is -0.149. The van der Waals surface area contributed by atoms with Crippen LogP contribution in [0.1, 0.15) is 35.2 Å². The zero-order valence-electron chi connectivity index (χ0n) is 13.9. The van der Waals surface area contributed by atoms with E-state index in [1.165, 1.54) is 15.5 Å². The minimum absolute atomic E-state index is 0.0105. The number of aromatic nitrogens is 2. The van der Waals surface area contributed by atoms with Crippen molar-refractivity contribution in [2.45, 2.75) is 26.2 Å². The van der Waals surface area contributed by atoms with Crippen LogP contribution in [0.15, 0.2) is 29.3 Å². The van der Waals surface area contributed by atoms with E-state index in [1.807, 2.05) is 13.0 Å². The number of nitrogens with zero attached hydrogens (tertiary/aromatic N) is 3. The first-order valence-corrected chi connectivity index (χ1v) is 8.44. The van der Waals surface area contributed by atoms with Crippen LogP contribution < -0.4 is 5.56 Å². The molecule has 4 rings (SSSR count). The molecule has 25 heavy (non-hydrogen) atoms. The van der Waals surface area contributed by atoms with Crippen molar-refractivity contribution in [2.75, 3.05) is 13.1 Å². The Morgan fingerprint density at radius 1 is 1.40 bits per heavy atom. The number of aliphatic carboxylic acids is 1. The first kappa shape index (κ1) is 15.8. The molecule has 2 atom stereocenters. The van der Waals surface area contributed by atoms with Crippen molar-refractivity contribution in [3.05, 3.63) is 46.0 Å². The van der Waals surface area contributed by atoms with Crippen molar-refractivity contribution in [3.8, 4) is 0 Å². The molecule has 1 amide bonds. The third-order valence-electron chi connectivity index (χ3n) is 5.74. The average molecular weight is 341 g/mol. The molecule has 2 aliphatic rings. The fourth-order valence-corrected chi connectivity index (χ4v) is 4.36. The summed E-state index contributed by atoms with van der Waals surface area (Å²) >= 11 is 0. The maximum atomic E-state index is 12.9. The number of carbonyl (C=O) groups excluding carboxylic acids is 1. The Morgan fingerprint density at radius 2 is 2.20 bits per heavy atom. The molecule has 1 aliphatic carbocycles. The Morgan fingerprint density at radius 3 is 2.92 bits per heavy atom. The van der Waals surface area contributed by atoms with Crippen molar-refractivity contribution in [2.24, 2.45) is 11.3 Å². The van der Waals surface area contributed by atoms with Crippen LogP contribution in [0, 0.1) is 18.3 Å². The molecule has 0 spiro atoms. The van der Waals surface area contributed by atoms with Gasteiger partial charge in [0, 0.05) is 25.5 Å². The molecule has 2 fully saturated rings. The van der Waals surface area contributed by atoms with Crippen molar-refractivity contribution in [1.82, 2.24) is 14.3 Å². The molecule has 0 aromatic carbocycles. The van der Waals surface area contributed by atoms with E-state index in [0.717, 1.165) is 18.4 Å². The lowest BCUT2D eigenvalue weighted by atomic mass is 9.81. The molecular weight excluding hydrogens is 322 g/mol. The SMILES string of the molecule is Cc1cccn2c(=O)c(C(=O)N3C[C@@H]4CCC[C@@]4(C(=O)O)C3)cnc12. The highest BCUT2D eigenvalue weighted by Gasteiger charge is 2.56. The van der Waals surface area contributed by atoms with Crippen LogP contribution in [0.25, 0.3) is 5.65 Å². The number of carboxylic acid groups (broad SMARTS) is 1. The molecule has 2 aromatic heterocycles. The molecule has 1 saturated heterocycles. The van der Waals surface area contributed by atoms with Gasteiger partial charge >= 0.3 is 5.97 Å². The Balaban J connectivity index is 1.71. The fraction of sp³-hybridized carbons (Fsp3) is 0.444. The molecule has 7 heteroatoms. The van der Waals surface area contributed by atoms with Gasteiger partial charge in [-0.2, -0.15) is 0 Å². The van der Waals surface area contributed by atoms with E-state index in [4.69, 9.17) is 0 Å². The van der Waals surface area contributed by atoms with Gasteiger partial charge in [0.2, 0.25) is 0 Å². The summed E-state index contributed by atoms with van der Waals surface area (Å²) in [6, 6.07) is 3.58. The van der Waals surface area contributed by atoms with Crippen LogP contribution in [-0.4, -0.2) is 44.4 Å². The van der Waals surface area contributed by atoms with Gasteiger partial charge in [0.1, 0.15) is 11.2 Å². The number of likely N-dealkylation sites (tertiary alicyclic amines) is 1. The van der Waals surface area contributed by atoms with Crippen molar-refractivity contribution < 1.29 is 14.7 Å². The quantitative estimate of drug-likeness (QED) is 0.890. The van der Waals surface area contributed by atoms with E-state index in [2.05, 4.69) is 4.98 Å². The number of rotatable bonds is 2. The first-order chi connectivity index (χ1) is 11.9. The van der Waals surface area contributed by atoms with Gasteiger partial charge in [-0.15, -0.1) is 0 Å². The fourth-order valence-electron chi connectivity index (χ4n) is 4.36. The Bertz CT molecular complexity index is 951. The summed E-state index contributed by atoms with van der Waals surface area (Å²) in [6.07, 6.45) is 5.17. The topological polar surface area (TPSA) is 92.0 Å². The first-order valence-electron chi connectivity index (χ1n) is 8.44. The smallest absolute Gasteiger partial charge is 0.311 e. The maximum absolute atomic E-state index is 12.9. The largest absolute Gasteiger partial charge is 0.481 e. The molecule has 1 aliphatic heterocycles. The predicted molar refractivity (Wildman–Crippen MR) is 89.5 cm³/mol. The predicted octanol–water partition coefficient (Wildman–Crippen LogP) is 1.33. The monoisotopic (exact) mass is 341 g/mol. The zero-order chi connectivity index (χ0) is 17.8. The van der Waals surface area contributed by atoms with Crippen molar-refractivity contribution >= 4 is 17.5 Å². The molecule has 2 aromatic rings. The number of carboxylic acids is 1. The van der Waals surface area contributed by atoms with Crippen LogP contribution in [0.5, 0.6) is 0 Å². The highest BCUT2D eigenvalue weighted by Crippen LogP contribution is 2.49. The van der Waals surface area contributed by atoms with E-state index in [0.29, 0.717) is 18.6 Å². The number of pyridine rings is 1. The number of carbonyl (C=O) groups is 2. The normalized spacial score (nSPS) is 25.3. The Labute approximate surface area is 143 Å². The number of hydrogen-bond donors (Lipinski definition) is 1. The third kappa shape index (κ3) is 2.18. The van der Waals surface area contributed by atoms with Gasteiger partial charge in [-0.25, -0.2) is 4.98 Å². The summed E-state index contributed by atoms with van der Waals surface area (Å²) < 4.78 is 1.37. The van der Waals surface area contributed by atoms with E-state index >= 15 is 0 Å². The van der Waals surface area contributed by atoms with Gasteiger partial charge in [-0.05, 0) is 37.3 Å². The molecule has 130 valence electrons. The molecular formula is C18H19N3O4. The summed E-state index contributed by atoms with van der Waals surface area (Å²) in [5.74, 6) is -1.30. The number of hydrogen-bond acceptors (Lipinski definition) is 4. The number of aryl methyl sites for hydroxylation is 1. The van der Waals surface area contributed by atoms with Gasteiger partial charge in [-0.3, -0.25) is 18.8 Å². The van der Waals surface area contributed by atoms with Crippen LogP contribution in [0.2, 0.25) is 0 Å². The van der Waals surface area contributed by atoms with E-state index in [9.17, 15) is 19.5 Å². The van der Waals surface area contributed by atoms with Gasteiger partial charge in [0.15, 0.2) is 0 Å². The molecule has 7 nitrogen and oxygen atoms in total. The standard InChI is InChI=1S/C18H19N3O4/c1-11-4-3-7-21-14(11)19-8-13(16(21)23)15(22)20-9-12-5-2-6-18(12,10-20)17(24)25/h3-4,7-8,12H,2,5-6,9-10H2,1H3,(H,24,25)/t12-,18+/m0/s1. The second kappa shape index (κ2) is 5.40. The third-order valence-corrected chi connectivity index (χ3v) is 5.74. The molecule has 0 bridgehead atoms. The molecule has 0 radical (unpaired) electrons. The van der Waals surface area contributed by atoms with Crippen LogP contribution in [0.4, 0.5) is 0 Å². The van der Waals surface area contributed by atoms with E-state index in [1.54, 1.807) is 12.3 Å². The summed E-state index contributed by atoms with van der Waals surface area (Å²) in [4.78, 5) is 43.1. The van der Waals surface area contributed by atoms with Crippen LogP contribution >= 0.6 is 0 Å². The second-order valence-electron chi connectivity index (χ2n) is 7.10. The van der Waals surface area contributed by atoms with Gasteiger partial charge in [0.05, 0.1) is 5.41 Å². The highest BCUT2D eigenvalue weighted by molar-refractivity contribution is 5.94. The maximum Gasteiger partial charge on any atom is 0.311 e. The number of fused-ring (bicyclic) bond motifs is 2. The lowest BCUT2D eigenvalue weighted by Crippen LogP contribution is -2.39. The summed E-state index contributed by atoms with van der Waals surface area (Å²) in [6.45, 7) is 2.41. The van der Waals surface area contributed by atoms with Crippen LogP contribution in [0.3, 0.4) is 0 Å². The molecule has 0 unspecified atom stereocenters. The van der Waals surface area contributed by atoms with Gasteiger partial charge < -0.3 is 10.0 Å². The Hall–Kier alpha value is -2.70. The van der Waals surface area contributed by atoms with Gasteiger partial charge in [0.25, 0.3) is 11.5 Å². The van der Waals surface area contributed by atoms with E-state index in [-0.39, 0.29) is 18.0 Å². The minimum atomic E-state index is -0.854. The summed E-state index contributed by atoms with van der Waals surface area (Å²) in [5.41, 5.74) is 0.0828. The summed E-state index contributed by atoms with van der Waals surface area (Å²) in [5, 5.41) is 9.65.